The van der Waals surface area contributed by atoms with Gasteiger partial charge in [-0.1, -0.05) is 26.0 Å². The third-order valence-corrected chi connectivity index (χ3v) is 6.50. The van der Waals surface area contributed by atoms with Gasteiger partial charge < -0.3 is 14.8 Å². The Kier molecular flexibility index (Phi) is 5.33. The van der Waals surface area contributed by atoms with Crippen molar-refractivity contribution in [2.75, 3.05) is 13.7 Å². The lowest BCUT2D eigenvalue weighted by atomic mass is 9.76. The van der Waals surface area contributed by atoms with E-state index in [1.54, 1.807) is 19.2 Å². The highest BCUT2D eigenvalue weighted by Gasteiger charge is 2.34. The summed E-state index contributed by atoms with van der Waals surface area (Å²) in [6.07, 6.45) is 4.15. The molecule has 0 spiro atoms. The molecule has 2 heterocycles. The zero-order valence-electron chi connectivity index (χ0n) is 18.2. The van der Waals surface area contributed by atoms with E-state index in [-0.39, 0.29) is 11.5 Å². The molecule has 4 rings (SSSR count). The lowest BCUT2D eigenvalue weighted by Gasteiger charge is -2.44. The monoisotopic (exact) mass is 406 g/mol. The molecule has 0 unspecified atom stereocenters. The van der Waals surface area contributed by atoms with Gasteiger partial charge in [-0.25, -0.2) is 4.79 Å². The number of nitrogens with one attached hydrogen (secondary N) is 1. The number of hydrogen-bond donors (Lipinski definition) is 2. The van der Waals surface area contributed by atoms with E-state index in [1.165, 1.54) is 22.1 Å². The van der Waals surface area contributed by atoms with Gasteiger partial charge in [-0.2, -0.15) is 0 Å². The van der Waals surface area contributed by atoms with Crippen LogP contribution in [0.15, 0.2) is 42.6 Å². The van der Waals surface area contributed by atoms with Crippen molar-refractivity contribution >= 4 is 16.9 Å². The number of carbonyl (C=O) groups is 1. The molecule has 0 aliphatic carbocycles. The highest BCUT2D eigenvalue weighted by Crippen LogP contribution is 2.43. The summed E-state index contributed by atoms with van der Waals surface area (Å²) in [5.74, 6) is 0.0334. The number of methoxy groups -OCH3 is 1. The molecule has 1 aromatic heterocycles. The molecule has 0 radical (unpaired) electrons. The van der Waals surface area contributed by atoms with Gasteiger partial charge in [0.1, 0.15) is 5.75 Å². The van der Waals surface area contributed by atoms with Gasteiger partial charge in [0.05, 0.1) is 12.7 Å². The quantitative estimate of drug-likeness (QED) is 0.583. The normalized spacial score (nSPS) is 19.1. The van der Waals surface area contributed by atoms with Crippen molar-refractivity contribution in [2.45, 2.75) is 46.2 Å². The molecule has 1 aliphatic rings. The van der Waals surface area contributed by atoms with Crippen LogP contribution in [-0.2, 0) is 6.54 Å². The van der Waals surface area contributed by atoms with E-state index < -0.39 is 5.97 Å². The number of aryl methyl sites for hydroxylation is 1. The van der Waals surface area contributed by atoms with E-state index in [9.17, 15) is 9.90 Å². The highest BCUT2D eigenvalue weighted by molar-refractivity contribution is 5.88. The first-order chi connectivity index (χ1) is 14.3. The van der Waals surface area contributed by atoms with Crippen LogP contribution in [0.2, 0.25) is 0 Å². The number of likely N-dealkylation sites (tertiary alicyclic amines) is 1. The Hall–Kier alpha value is -2.79. The maximum Gasteiger partial charge on any atom is 0.335 e. The second-order valence-corrected chi connectivity index (χ2v) is 9.17. The minimum atomic E-state index is -0.887. The molecule has 3 aromatic rings. The molecular weight excluding hydrogens is 376 g/mol. The number of aromatic nitrogens is 1. The van der Waals surface area contributed by atoms with Crippen LogP contribution < -0.4 is 4.74 Å². The van der Waals surface area contributed by atoms with E-state index in [0.29, 0.717) is 5.56 Å². The Bertz CT molecular complexity index is 1070. The van der Waals surface area contributed by atoms with Crippen molar-refractivity contribution in [1.82, 2.24) is 9.88 Å². The summed E-state index contributed by atoms with van der Waals surface area (Å²) in [5.41, 5.74) is 5.28. The highest BCUT2D eigenvalue weighted by atomic mass is 16.5. The van der Waals surface area contributed by atoms with E-state index in [4.69, 9.17) is 4.74 Å². The summed E-state index contributed by atoms with van der Waals surface area (Å²) < 4.78 is 5.76. The number of carboxylic acids is 1. The van der Waals surface area contributed by atoms with Gasteiger partial charge in [-0.3, -0.25) is 4.90 Å². The Morgan fingerprint density at radius 2 is 2.00 bits per heavy atom. The van der Waals surface area contributed by atoms with Gasteiger partial charge in [0.25, 0.3) is 0 Å². The van der Waals surface area contributed by atoms with Crippen molar-refractivity contribution in [1.29, 1.82) is 0 Å². The summed E-state index contributed by atoms with van der Waals surface area (Å²) in [4.78, 5) is 17.1. The summed E-state index contributed by atoms with van der Waals surface area (Å²) >= 11 is 0. The molecule has 30 heavy (non-hydrogen) atoms. The molecule has 2 N–H and O–H groups in total. The van der Waals surface area contributed by atoms with Gasteiger partial charge in [-0.15, -0.1) is 0 Å². The number of hydrogen-bond acceptors (Lipinski definition) is 3. The average molecular weight is 407 g/mol. The van der Waals surface area contributed by atoms with Gasteiger partial charge in [0, 0.05) is 35.2 Å². The van der Waals surface area contributed by atoms with Crippen LogP contribution in [0.5, 0.6) is 5.75 Å². The van der Waals surface area contributed by atoms with E-state index in [0.717, 1.165) is 37.2 Å². The largest absolute Gasteiger partial charge is 0.496 e. The van der Waals surface area contributed by atoms with E-state index in [2.05, 4.69) is 42.8 Å². The lowest BCUT2D eigenvalue weighted by Crippen LogP contribution is -2.39. The van der Waals surface area contributed by atoms with E-state index >= 15 is 0 Å². The second kappa shape index (κ2) is 7.80. The predicted molar refractivity (Wildman–Crippen MR) is 119 cm³/mol. The van der Waals surface area contributed by atoms with Crippen LogP contribution in [0, 0.1) is 12.3 Å². The molecule has 2 aromatic carbocycles. The average Bonchev–Trinajstić information content (AvgIpc) is 3.21. The first-order valence-corrected chi connectivity index (χ1v) is 10.5. The fourth-order valence-electron chi connectivity index (χ4n) is 4.71. The summed E-state index contributed by atoms with van der Waals surface area (Å²) in [6, 6.07) is 11.9. The number of piperidine rings is 1. The fourth-order valence-corrected chi connectivity index (χ4v) is 4.71. The Morgan fingerprint density at radius 3 is 2.67 bits per heavy atom. The lowest BCUT2D eigenvalue weighted by molar-refractivity contribution is 0.0632. The smallest absolute Gasteiger partial charge is 0.335 e. The van der Waals surface area contributed by atoms with Crippen molar-refractivity contribution in [3.05, 3.63) is 64.8 Å². The molecule has 1 aliphatic heterocycles. The first-order valence-electron chi connectivity index (χ1n) is 10.5. The third kappa shape index (κ3) is 3.82. The van der Waals surface area contributed by atoms with Crippen LogP contribution >= 0.6 is 0 Å². The number of carboxylic acid groups (broad SMARTS) is 1. The fraction of sp³-hybridized carbons (Fsp3) is 0.400. The number of rotatable bonds is 5. The number of nitrogens with zero attached hydrogens (tertiary/aromatic N) is 1. The van der Waals surface area contributed by atoms with Crippen LogP contribution in [-0.4, -0.2) is 34.6 Å². The van der Waals surface area contributed by atoms with Crippen LogP contribution in [0.3, 0.4) is 0 Å². The number of H-pyrrole nitrogens is 1. The zero-order chi connectivity index (χ0) is 21.5. The van der Waals surface area contributed by atoms with Crippen molar-refractivity contribution in [3.8, 4) is 5.75 Å². The number of fused-ring (bicyclic) bond motifs is 1. The van der Waals surface area contributed by atoms with Crippen LogP contribution in [0.4, 0.5) is 0 Å². The molecular formula is C25H30N2O3. The number of aromatic amines is 1. The number of ether oxygens (including phenoxy) is 1. The molecule has 0 bridgehead atoms. The van der Waals surface area contributed by atoms with Crippen molar-refractivity contribution < 1.29 is 14.6 Å². The van der Waals surface area contributed by atoms with Crippen LogP contribution in [0.1, 0.15) is 59.8 Å². The first kappa shape index (κ1) is 20.5. The minimum Gasteiger partial charge on any atom is -0.496 e. The van der Waals surface area contributed by atoms with Gasteiger partial charge in [0.2, 0.25) is 0 Å². The molecule has 1 atom stereocenters. The Balaban J connectivity index is 1.72. The standard InChI is InChI=1S/C25H30N2O3/c1-16-13-22(30-4)20(19-9-11-26-23(16)19)15-27-12-10-25(2,3)14-21(27)17-5-7-18(8-6-17)24(28)29/h5-9,11,13,21,26H,10,12,14-15H2,1-4H3,(H,28,29)/t21-/m0/s1. The Morgan fingerprint density at radius 1 is 1.27 bits per heavy atom. The van der Waals surface area contributed by atoms with Gasteiger partial charge in [-0.05, 0) is 67.1 Å². The SMILES string of the molecule is COc1cc(C)c2[nH]ccc2c1CN1CCC(C)(C)C[C@H]1c1ccc(C(=O)O)cc1. The van der Waals surface area contributed by atoms with Crippen molar-refractivity contribution in [2.24, 2.45) is 5.41 Å². The summed E-state index contributed by atoms with van der Waals surface area (Å²) in [5, 5.41) is 10.5. The van der Waals surface area contributed by atoms with Crippen molar-refractivity contribution in [3.63, 3.8) is 0 Å². The van der Waals surface area contributed by atoms with Crippen LogP contribution in [0.25, 0.3) is 10.9 Å². The maximum absolute atomic E-state index is 11.3. The molecule has 158 valence electrons. The summed E-state index contributed by atoms with van der Waals surface area (Å²) in [7, 11) is 1.73. The topological polar surface area (TPSA) is 65.6 Å². The Labute approximate surface area is 177 Å². The summed E-state index contributed by atoms with van der Waals surface area (Å²) in [6.45, 7) is 8.52. The molecule has 0 saturated carbocycles. The molecule has 1 saturated heterocycles. The van der Waals surface area contributed by atoms with Gasteiger partial charge >= 0.3 is 5.97 Å². The molecule has 0 amide bonds. The number of benzene rings is 2. The molecule has 1 fully saturated rings. The van der Waals surface area contributed by atoms with E-state index in [1.807, 2.05) is 18.3 Å². The molecule has 5 heteroatoms. The maximum atomic E-state index is 11.3. The minimum absolute atomic E-state index is 0.233. The zero-order valence-corrected chi connectivity index (χ0v) is 18.2. The predicted octanol–water partition coefficient (Wildman–Crippen LogP) is 5.55. The molecule has 5 nitrogen and oxygen atoms in total. The third-order valence-electron chi connectivity index (χ3n) is 6.50. The second-order valence-electron chi connectivity index (χ2n) is 9.17. The van der Waals surface area contributed by atoms with Gasteiger partial charge in [0.15, 0.2) is 0 Å². The number of aromatic carboxylic acids is 1.